The van der Waals surface area contributed by atoms with Crippen LogP contribution in [0.3, 0.4) is 0 Å². The third-order valence-electron chi connectivity index (χ3n) is 7.20. The molecule has 4 aromatic carbocycles. The first-order valence-electron chi connectivity index (χ1n) is 12.2. The first-order valence-corrected chi connectivity index (χ1v) is 12.2. The minimum absolute atomic E-state index is 0.0422. The maximum absolute atomic E-state index is 14.2. The molecule has 0 saturated carbocycles. The Morgan fingerprint density at radius 2 is 1.40 bits per heavy atom. The third kappa shape index (κ3) is 3.75. The monoisotopic (exact) mass is 461 g/mol. The van der Waals surface area contributed by atoms with Gasteiger partial charge in [0.05, 0.1) is 0 Å². The number of carbonyl (C=O) groups excluding carboxylic acids is 1. The average molecular weight is 462 g/mol. The lowest BCUT2D eigenvalue weighted by atomic mass is 9.73. The number of aryl methyl sites for hydroxylation is 1. The molecule has 0 atom stereocenters. The molecular formula is C31H27NO3. The van der Waals surface area contributed by atoms with Crippen LogP contribution in [0.25, 0.3) is 11.1 Å². The van der Waals surface area contributed by atoms with Gasteiger partial charge >= 0.3 is 0 Å². The standard InChI is InChI=1S/C31H27NO3/c33-30(32-20-23-16-17-28-29(19-23)35-21-34-28)31(18-8-11-22-9-2-1-3-10-22)26-14-6-4-12-24(26)25-13-5-7-15-27(25)31/h1-7,9-10,12-17,19H,8,11,18,20-21H2,(H,32,33). The van der Waals surface area contributed by atoms with E-state index in [1.54, 1.807) is 0 Å². The smallest absolute Gasteiger partial charge is 0.235 e. The lowest BCUT2D eigenvalue weighted by molar-refractivity contribution is -0.125. The minimum atomic E-state index is -0.724. The Morgan fingerprint density at radius 1 is 0.743 bits per heavy atom. The Morgan fingerprint density at radius 3 is 2.14 bits per heavy atom. The molecule has 1 aliphatic carbocycles. The predicted molar refractivity (Wildman–Crippen MR) is 136 cm³/mol. The van der Waals surface area contributed by atoms with Gasteiger partial charge in [-0.2, -0.15) is 0 Å². The number of benzene rings is 4. The Balaban J connectivity index is 1.33. The topological polar surface area (TPSA) is 47.6 Å². The first-order chi connectivity index (χ1) is 17.3. The number of hydrogen-bond acceptors (Lipinski definition) is 3. The van der Waals surface area contributed by atoms with E-state index < -0.39 is 5.41 Å². The number of nitrogens with one attached hydrogen (secondary N) is 1. The molecule has 1 N–H and O–H groups in total. The second-order valence-corrected chi connectivity index (χ2v) is 9.21. The van der Waals surface area contributed by atoms with Crippen molar-refractivity contribution in [1.82, 2.24) is 5.32 Å². The average Bonchev–Trinajstić information content (AvgIpc) is 3.49. The van der Waals surface area contributed by atoms with Gasteiger partial charge in [-0.1, -0.05) is 84.9 Å². The molecule has 0 unspecified atom stereocenters. The fraction of sp³-hybridized carbons (Fsp3) is 0.194. The molecule has 4 aromatic rings. The second kappa shape index (κ2) is 8.95. The molecule has 1 amide bonds. The summed E-state index contributed by atoms with van der Waals surface area (Å²) in [5.41, 5.74) is 6.06. The van der Waals surface area contributed by atoms with E-state index in [1.807, 2.05) is 36.4 Å². The molecule has 0 fully saturated rings. The van der Waals surface area contributed by atoms with Crippen molar-refractivity contribution in [3.8, 4) is 22.6 Å². The highest BCUT2D eigenvalue weighted by Gasteiger charge is 2.48. The second-order valence-electron chi connectivity index (χ2n) is 9.21. The van der Waals surface area contributed by atoms with Crippen LogP contribution in [0.4, 0.5) is 0 Å². The van der Waals surface area contributed by atoms with Crippen LogP contribution in [0.1, 0.15) is 35.1 Å². The molecule has 0 bridgehead atoms. The lowest BCUT2D eigenvalue weighted by Gasteiger charge is -2.31. The summed E-state index contributed by atoms with van der Waals surface area (Å²) in [5.74, 6) is 1.52. The highest BCUT2D eigenvalue weighted by molar-refractivity contribution is 6.00. The van der Waals surface area contributed by atoms with E-state index in [0.29, 0.717) is 6.54 Å². The largest absolute Gasteiger partial charge is 0.454 e. The number of carbonyl (C=O) groups is 1. The minimum Gasteiger partial charge on any atom is -0.454 e. The van der Waals surface area contributed by atoms with Gasteiger partial charge in [-0.3, -0.25) is 4.79 Å². The van der Waals surface area contributed by atoms with Crippen molar-refractivity contribution in [3.63, 3.8) is 0 Å². The predicted octanol–water partition coefficient (Wildman–Crippen LogP) is 6.02. The summed E-state index contributed by atoms with van der Waals surface area (Å²) < 4.78 is 10.9. The summed E-state index contributed by atoms with van der Waals surface area (Å²) in [4.78, 5) is 14.2. The molecule has 0 aromatic heterocycles. The third-order valence-corrected chi connectivity index (χ3v) is 7.20. The molecule has 174 valence electrons. The Kier molecular flexibility index (Phi) is 5.49. The summed E-state index contributed by atoms with van der Waals surface area (Å²) >= 11 is 0. The molecule has 4 nitrogen and oxygen atoms in total. The summed E-state index contributed by atoms with van der Waals surface area (Å²) in [6.45, 7) is 0.670. The van der Waals surface area contributed by atoms with Crippen LogP contribution >= 0.6 is 0 Å². The number of rotatable bonds is 7. The van der Waals surface area contributed by atoms with Gasteiger partial charge in [-0.05, 0) is 64.8 Å². The molecule has 0 spiro atoms. The van der Waals surface area contributed by atoms with Crippen molar-refractivity contribution in [2.45, 2.75) is 31.2 Å². The Bertz CT molecular complexity index is 1330. The van der Waals surface area contributed by atoms with Gasteiger partial charge in [0, 0.05) is 6.54 Å². The fourth-order valence-electron chi connectivity index (χ4n) is 5.54. The van der Waals surface area contributed by atoms with E-state index in [2.05, 4.69) is 66.0 Å². The summed E-state index contributed by atoms with van der Waals surface area (Å²) in [6.07, 6.45) is 2.58. The Labute approximate surface area is 205 Å². The Hall–Kier alpha value is -4.05. The van der Waals surface area contributed by atoms with Gasteiger partial charge in [0.2, 0.25) is 12.7 Å². The zero-order valence-corrected chi connectivity index (χ0v) is 19.5. The maximum atomic E-state index is 14.2. The van der Waals surface area contributed by atoms with E-state index in [0.717, 1.165) is 58.6 Å². The number of fused-ring (bicyclic) bond motifs is 4. The molecule has 0 saturated heterocycles. The quantitative estimate of drug-likeness (QED) is 0.366. The molecule has 4 heteroatoms. The highest BCUT2D eigenvalue weighted by atomic mass is 16.7. The lowest BCUT2D eigenvalue weighted by Crippen LogP contribution is -2.44. The van der Waals surface area contributed by atoms with Crippen LogP contribution in [0.5, 0.6) is 11.5 Å². The highest BCUT2D eigenvalue weighted by Crippen LogP contribution is 2.51. The van der Waals surface area contributed by atoms with Crippen molar-refractivity contribution < 1.29 is 14.3 Å². The van der Waals surface area contributed by atoms with E-state index >= 15 is 0 Å². The number of amides is 1. The molecular weight excluding hydrogens is 434 g/mol. The van der Waals surface area contributed by atoms with Crippen molar-refractivity contribution in [2.75, 3.05) is 6.79 Å². The fourth-order valence-corrected chi connectivity index (χ4v) is 5.54. The van der Waals surface area contributed by atoms with Crippen LogP contribution < -0.4 is 14.8 Å². The summed E-state index contributed by atoms with van der Waals surface area (Å²) in [5, 5.41) is 3.27. The molecule has 35 heavy (non-hydrogen) atoms. The summed E-state index contributed by atoms with van der Waals surface area (Å²) in [6, 6.07) is 33.0. The van der Waals surface area contributed by atoms with E-state index in [4.69, 9.17) is 9.47 Å². The van der Waals surface area contributed by atoms with Crippen LogP contribution in [-0.2, 0) is 23.2 Å². The van der Waals surface area contributed by atoms with Gasteiger partial charge in [0.15, 0.2) is 11.5 Å². The van der Waals surface area contributed by atoms with Crippen molar-refractivity contribution in [1.29, 1.82) is 0 Å². The van der Waals surface area contributed by atoms with Crippen LogP contribution in [-0.4, -0.2) is 12.7 Å². The normalized spacial score (nSPS) is 14.3. The molecule has 6 rings (SSSR count). The SMILES string of the molecule is O=C(NCc1ccc2c(c1)OCO2)C1(CCCc2ccccc2)c2ccccc2-c2ccccc21. The van der Waals surface area contributed by atoms with Gasteiger partial charge in [-0.25, -0.2) is 0 Å². The number of hydrogen-bond donors (Lipinski definition) is 1. The molecule has 1 aliphatic heterocycles. The van der Waals surface area contributed by atoms with Crippen molar-refractivity contribution in [2.24, 2.45) is 0 Å². The number of ether oxygens (including phenoxy) is 2. The maximum Gasteiger partial charge on any atom is 0.235 e. The molecule has 1 heterocycles. The zero-order valence-electron chi connectivity index (χ0n) is 19.5. The van der Waals surface area contributed by atoms with Crippen molar-refractivity contribution >= 4 is 5.91 Å². The van der Waals surface area contributed by atoms with E-state index in [9.17, 15) is 4.79 Å². The van der Waals surface area contributed by atoms with Gasteiger partial charge in [-0.15, -0.1) is 0 Å². The van der Waals surface area contributed by atoms with Gasteiger partial charge < -0.3 is 14.8 Å². The van der Waals surface area contributed by atoms with Crippen molar-refractivity contribution in [3.05, 3.63) is 119 Å². The first kappa shape index (κ1) is 21.5. The van der Waals surface area contributed by atoms with Gasteiger partial charge in [0.25, 0.3) is 0 Å². The van der Waals surface area contributed by atoms with Crippen LogP contribution in [0, 0.1) is 0 Å². The van der Waals surface area contributed by atoms with Crippen LogP contribution in [0.2, 0.25) is 0 Å². The molecule has 2 aliphatic rings. The zero-order chi connectivity index (χ0) is 23.7. The molecule has 0 radical (unpaired) electrons. The summed E-state index contributed by atoms with van der Waals surface area (Å²) in [7, 11) is 0. The van der Waals surface area contributed by atoms with E-state index in [1.165, 1.54) is 5.56 Å². The van der Waals surface area contributed by atoms with E-state index in [-0.39, 0.29) is 12.7 Å². The van der Waals surface area contributed by atoms with Gasteiger partial charge in [0.1, 0.15) is 5.41 Å². The van der Waals surface area contributed by atoms with Crippen LogP contribution in [0.15, 0.2) is 97.1 Å².